The smallest absolute Gasteiger partial charge is 0.410 e. The fourth-order valence-electron chi connectivity index (χ4n) is 2.19. The molecule has 0 bridgehead atoms. The molecule has 0 saturated carbocycles. The van der Waals surface area contributed by atoms with Crippen LogP contribution in [0.4, 0.5) is 9.93 Å². The van der Waals surface area contributed by atoms with Gasteiger partial charge in [-0.2, -0.15) is 0 Å². The molecule has 0 unspecified atom stereocenters. The summed E-state index contributed by atoms with van der Waals surface area (Å²) >= 11 is 1.44. The highest BCUT2D eigenvalue weighted by Gasteiger charge is 2.10. The number of benzene rings is 2. The molecule has 118 valence electrons. The molecule has 3 rings (SSSR count). The summed E-state index contributed by atoms with van der Waals surface area (Å²) in [7, 11) is 4.06. The van der Waals surface area contributed by atoms with E-state index in [9.17, 15) is 4.79 Å². The number of fused-ring (bicyclic) bond motifs is 1. The van der Waals surface area contributed by atoms with Gasteiger partial charge < -0.3 is 9.64 Å². The number of ether oxygens (including phenoxy) is 1. The van der Waals surface area contributed by atoms with E-state index in [0.29, 0.717) is 10.9 Å². The van der Waals surface area contributed by atoms with Crippen molar-refractivity contribution in [2.45, 2.75) is 6.54 Å². The predicted molar refractivity (Wildman–Crippen MR) is 93.1 cm³/mol. The van der Waals surface area contributed by atoms with Gasteiger partial charge in [-0.15, -0.1) is 0 Å². The SMILES string of the molecule is CN(C)Cc1ccc2nc(NC(=O)Oc3ccccc3)sc2c1. The molecule has 0 aliphatic heterocycles. The molecule has 23 heavy (non-hydrogen) atoms. The normalized spacial score (nSPS) is 10.9. The van der Waals surface area contributed by atoms with Gasteiger partial charge in [0.25, 0.3) is 0 Å². The number of nitrogens with zero attached hydrogens (tertiary/aromatic N) is 2. The van der Waals surface area contributed by atoms with E-state index >= 15 is 0 Å². The number of hydrogen-bond donors (Lipinski definition) is 1. The Kier molecular flexibility index (Phi) is 4.55. The third-order valence-electron chi connectivity index (χ3n) is 3.11. The van der Waals surface area contributed by atoms with Crippen LogP contribution < -0.4 is 10.1 Å². The summed E-state index contributed by atoms with van der Waals surface area (Å²) in [5, 5.41) is 3.21. The number of rotatable bonds is 4. The second-order valence-electron chi connectivity index (χ2n) is 5.39. The Bertz CT molecular complexity index is 815. The van der Waals surface area contributed by atoms with E-state index in [1.807, 2.05) is 44.4 Å². The fraction of sp³-hybridized carbons (Fsp3) is 0.176. The van der Waals surface area contributed by atoms with Crippen molar-refractivity contribution in [3.8, 4) is 5.75 Å². The minimum Gasteiger partial charge on any atom is -0.410 e. The zero-order valence-electron chi connectivity index (χ0n) is 12.9. The number of thiazole rings is 1. The van der Waals surface area contributed by atoms with Gasteiger partial charge in [0.1, 0.15) is 5.75 Å². The van der Waals surface area contributed by atoms with Crippen LogP contribution in [0.25, 0.3) is 10.2 Å². The first-order valence-electron chi connectivity index (χ1n) is 7.18. The molecule has 5 nitrogen and oxygen atoms in total. The highest BCUT2D eigenvalue weighted by atomic mass is 32.1. The van der Waals surface area contributed by atoms with Crippen molar-refractivity contribution in [3.05, 3.63) is 54.1 Å². The molecule has 0 saturated heterocycles. The number of carbonyl (C=O) groups excluding carboxylic acids is 1. The maximum Gasteiger partial charge on any atom is 0.418 e. The minimum atomic E-state index is -0.538. The Balaban J connectivity index is 1.71. The van der Waals surface area contributed by atoms with Gasteiger partial charge in [0.05, 0.1) is 10.2 Å². The summed E-state index contributed by atoms with van der Waals surface area (Å²) in [5.41, 5.74) is 2.08. The molecule has 6 heteroatoms. The monoisotopic (exact) mass is 327 g/mol. The van der Waals surface area contributed by atoms with Crippen LogP contribution in [0.5, 0.6) is 5.75 Å². The van der Waals surface area contributed by atoms with Gasteiger partial charge in [0.2, 0.25) is 0 Å². The fourth-order valence-corrected chi connectivity index (χ4v) is 3.11. The minimum absolute atomic E-state index is 0.499. The lowest BCUT2D eigenvalue weighted by atomic mass is 10.2. The van der Waals surface area contributed by atoms with Crippen LogP contribution in [0.1, 0.15) is 5.56 Å². The van der Waals surface area contributed by atoms with Gasteiger partial charge in [0, 0.05) is 6.54 Å². The first-order valence-corrected chi connectivity index (χ1v) is 8.00. The third-order valence-corrected chi connectivity index (χ3v) is 4.05. The molecule has 2 aromatic carbocycles. The summed E-state index contributed by atoms with van der Waals surface area (Å²) in [6.07, 6.45) is -0.538. The molecule has 3 aromatic rings. The number of nitrogens with one attached hydrogen (secondary N) is 1. The molecule has 0 atom stereocenters. The van der Waals surface area contributed by atoms with Crippen molar-refractivity contribution in [2.24, 2.45) is 0 Å². The molecule has 1 aromatic heterocycles. The first kappa shape index (κ1) is 15.5. The summed E-state index contributed by atoms with van der Waals surface area (Å²) in [4.78, 5) is 18.4. The molecule has 1 N–H and O–H groups in total. The van der Waals surface area contributed by atoms with E-state index in [1.165, 1.54) is 16.9 Å². The van der Waals surface area contributed by atoms with E-state index in [4.69, 9.17) is 4.74 Å². The van der Waals surface area contributed by atoms with Crippen LogP contribution in [0.15, 0.2) is 48.5 Å². The topological polar surface area (TPSA) is 54.5 Å². The molecule has 0 spiro atoms. The maximum atomic E-state index is 11.9. The average molecular weight is 327 g/mol. The van der Waals surface area contributed by atoms with Crippen LogP contribution in [0.2, 0.25) is 0 Å². The van der Waals surface area contributed by atoms with Crippen molar-refractivity contribution < 1.29 is 9.53 Å². The van der Waals surface area contributed by atoms with Crippen LogP contribution >= 0.6 is 11.3 Å². The molecule has 0 fully saturated rings. The molecule has 1 amide bonds. The molecule has 0 aliphatic rings. The largest absolute Gasteiger partial charge is 0.418 e. The van der Waals surface area contributed by atoms with Gasteiger partial charge >= 0.3 is 6.09 Å². The van der Waals surface area contributed by atoms with E-state index in [-0.39, 0.29) is 0 Å². The number of amides is 1. The molecule has 0 radical (unpaired) electrons. The summed E-state index contributed by atoms with van der Waals surface area (Å²) in [6.45, 7) is 0.868. The van der Waals surface area contributed by atoms with Gasteiger partial charge in [-0.25, -0.2) is 9.78 Å². The van der Waals surface area contributed by atoms with Gasteiger partial charge in [-0.05, 0) is 43.9 Å². The Hall–Kier alpha value is -2.44. The lowest BCUT2D eigenvalue weighted by molar-refractivity contribution is 0.215. The molecule has 0 aliphatic carbocycles. The zero-order valence-corrected chi connectivity index (χ0v) is 13.8. The number of anilines is 1. The van der Waals surface area contributed by atoms with Gasteiger partial charge in [0.15, 0.2) is 5.13 Å². The van der Waals surface area contributed by atoms with E-state index in [2.05, 4.69) is 21.3 Å². The average Bonchev–Trinajstić information content (AvgIpc) is 2.88. The predicted octanol–water partition coefficient (Wildman–Crippen LogP) is 3.97. The molecular formula is C17H17N3O2S. The summed E-state index contributed by atoms with van der Waals surface area (Å²) < 4.78 is 6.24. The van der Waals surface area contributed by atoms with Crippen molar-refractivity contribution >= 4 is 32.8 Å². The Labute approximate surface area is 138 Å². The number of aromatic nitrogens is 1. The summed E-state index contributed by atoms with van der Waals surface area (Å²) in [5.74, 6) is 0.499. The standard InChI is InChI=1S/C17H17N3O2S/c1-20(2)11-12-8-9-14-15(10-12)23-16(18-14)19-17(21)22-13-6-4-3-5-7-13/h3-10H,11H2,1-2H3,(H,18,19,21). The van der Waals surface area contributed by atoms with E-state index in [1.54, 1.807) is 12.1 Å². The third kappa shape index (κ3) is 4.06. The van der Waals surface area contributed by atoms with Crippen LogP contribution in [0.3, 0.4) is 0 Å². The number of carbonyl (C=O) groups is 1. The second kappa shape index (κ2) is 6.76. The number of para-hydroxylation sites is 1. The Morgan fingerprint density at radius 1 is 1.22 bits per heavy atom. The van der Waals surface area contributed by atoms with Crippen LogP contribution in [-0.4, -0.2) is 30.1 Å². The van der Waals surface area contributed by atoms with Crippen molar-refractivity contribution in [1.82, 2.24) is 9.88 Å². The summed E-state index contributed by atoms with van der Waals surface area (Å²) in [6, 6.07) is 15.1. The molecule has 1 heterocycles. The lowest BCUT2D eigenvalue weighted by Gasteiger charge is -2.08. The Morgan fingerprint density at radius 2 is 2.00 bits per heavy atom. The van der Waals surface area contributed by atoms with Crippen LogP contribution in [0, 0.1) is 0 Å². The molecular weight excluding hydrogens is 310 g/mol. The highest BCUT2D eigenvalue weighted by molar-refractivity contribution is 7.22. The number of hydrogen-bond acceptors (Lipinski definition) is 5. The van der Waals surface area contributed by atoms with Crippen molar-refractivity contribution in [2.75, 3.05) is 19.4 Å². The highest BCUT2D eigenvalue weighted by Crippen LogP contribution is 2.27. The van der Waals surface area contributed by atoms with Crippen molar-refractivity contribution in [1.29, 1.82) is 0 Å². The van der Waals surface area contributed by atoms with E-state index < -0.39 is 6.09 Å². The van der Waals surface area contributed by atoms with Gasteiger partial charge in [-0.3, -0.25) is 5.32 Å². The zero-order chi connectivity index (χ0) is 16.2. The first-order chi connectivity index (χ1) is 11.1. The maximum absolute atomic E-state index is 11.9. The van der Waals surface area contributed by atoms with E-state index in [0.717, 1.165) is 16.8 Å². The second-order valence-corrected chi connectivity index (χ2v) is 6.42. The Morgan fingerprint density at radius 3 is 2.74 bits per heavy atom. The van der Waals surface area contributed by atoms with Crippen molar-refractivity contribution in [3.63, 3.8) is 0 Å². The van der Waals surface area contributed by atoms with Crippen LogP contribution in [-0.2, 0) is 6.54 Å². The quantitative estimate of drug-likeness (QED) is 0.788. The lowest BCUT2D eigenvalue weighted by Crippen LogP contribution is -2.16. The van der Waals surface area contributed by atoms with Gasteiger partial charge in [-0.1, -0.05) is 35.6 Å².